The Morgan fingerprint density at radius 3 is 2.66 bits per heavy atom. The average Bonchev–Trinajstić information content (AvgIpc) is 3.33. The molecule has 1 saturated heterocycles. The molecule has 1 aliphatic rings. The second-order valence-electron chi connectivity index (χ2n) is 7.48. The fourth-order valence-electron chi connectivity index (χ4n) is 3.47. The minimum atomic E-state index is -0.390. The highest BCUT2D eigenvalue weighted by Gasteiger charge is 2.18. The smallest absolute Gasteiger partial charge is 0.281 e. The number of nitrogens with zero attached hydrogens (tertiary/aromatic N) is 2. The van der Waals surface area contributed by atoms with Crippen molar-refractivity contribution >= 4 is 34.5 Å². The van der Waals surface area contributed by atoms with E-state index in [0.29, 0.717) is 17.4 Å². The zero-order valence-electron chi connectivity index (χ0n) is 17.5. The van der Waals surface area contributed by atoms with Gasteiger partial charge >= 0.3 is 0 Å². The van der Waals surface area contributed by atoms with Crippen LogP contribution in [0.5, 0.6) is 0 Å². The van der Waals surface area contributed by atoms with Crippen LogP contribution in [0.25, 0.3) is 10.9 Å². The molecule has 9 heteroatoms. The molecule has 1 fully saturated rings. The molecule has 0 radical (unpaired) electrons. The van der Waals surface area contributed by atoms with Crippen molar-refractivity contribution in [2.75, 3.05) is 24.3 Å². The van der Waals surface area contributed by atoms with Crippen LogP contribution in [-0.2, 0) is 20.7 Å². The number of nitrogens with one attached hydrogen (secondary N) is 2. The number of carbonyl (C=O) groups excluding carboxylic acids is 2. The van der Waals surface area contributed by atoms with E-state index < -0.39 is 0 Å². The van der Waals surface area contributed by atoms with Crippen LogP contribution >= 0.6 is 11.8 Å². The first-order valence-electron chi connectivity index (χ1n) is 10.5. The zero-order chi connectivity index (χ0) is 22.3. The van der Waals surface area contributed by atoms with Gasteiger partial charge in [0.25, 0.3) is 5.56 Å². The van der Waals surface area contributed by atoms with E-state index in [2.05, 4.69) is 15.7 Å². The van der Waals surface area contributed by atoms with Gasteiger partial charge < -0.3 is 10.1 Å². The van der Waals surface area contributed by atoms with Crippen molar-refractivity contribution in [3.63, 3.8) is 0 Å². The van der Waals surface area contributed by atoms with Crippen LogP contribution < -0.4 is 16.3 Å². The topological polar surface area (TPSA) is 102 Å². The molecule has 0 aliphatic carbocycles. The summed E-state index contributed by atoms with van der Waals surface area (Å²) in [6.45, 7) is 1.19. The molecular formula is C23H24N4O4S. The van der Waals surface area contributed by atoms with Crippen LogP contribution in [0.15, 0.2) is 64.5 Å². The summed E-state index contributed by atoms with van der Waals surface area (Å²) in [6, 6.07) is 16.2. The normalized spacial score (nSPS) is 15.6. The van der Waals surface area contributed by atoms with Crippen molar-refractivity contribution in [2.24, 2.45) is 0 Å². The lowest BCUT2D eigenvalue weighted by Crippen LogP contribution is -2.36. The van der Waals surface area contributed by atoms with Crippen molar-refractivity contribution < 1.29 is 14.3 Å². The van der Waals surface area contributed by atoms with Crippen molar-refractivity contribution in [1.29, 1.82) is 0 Å². The molecule has 0 saturated carbocycles. The van der Waals surface area contributed by atoms with E-state index in [-0.39, 0.29) is 40.8 Å². The minimum Gasteiger partial charge on any atom is -0.376 e. The number of hydrogen-bond acceptors (Lipinski definition) is 6. The number of hydrogen-bond donors (Lipinski definition) is 2. The molecule has 1 aromatic heterocycles. The largest absolute Gasteiger partial charge is 0.376 e. The standard InChI is InChI=1S/C23H24N4O4S/c28-20(13-16-7-2-1-3-8-16)26-27-22(30)18-10-4-5-11-19(18)25-23(27)32-15-21(29)24-14-17-9-6-12-31-17/h1-5,7-8,10-11,17H,6,9,12-15H2,(H,24,29)(H,26,28)/t17-/m0/s1. The first-order chi connectivity index (χ1) is 15.6. The van der Waals surface area contributed by atoms with Gasteiger partial charge in [0, 0.05) is 13.2 Å². The summed E-state index contributed by atoms with van der Waals surface area (Å²) in [4.78, 5) is 42.5. The molecule has 1 atom stereocenters. The molecule has 166 valence electrons. The van der Waals surface area contributed by atoms with Crippen molar-refractivity contribution in [3.8, 4) is 0 Å². The maximum absolute atomic E-state index is 13.1. The fourth-order valence-corrected chi connectivity index (χ4v) is 4.25. The highest BCUT2D eigenvalue weighted by Crippen LogP contribution is 2.17. The molecule has 3 aromatic rings. The molecule has 2 heterocycles. The summed E-state index contributed by atoms with van der Waals surface area (Å²) >= 11 is 1.10. The highest BCUT2D eigenvalue weighted by atomic mass is 32.2. The lowest BCUT2D eigenvalue weighted by Gasteiger charge is -2.14. The zero-order valence-corrected chi connectivity index (χ0v) is 18.3. The molecule has 0 spiro atoms. The van der Waals surface area contributed by atoms with E-state index in [1.54, 1.807) is 24.3 Å². The molecule has 2 amide bonds. The van der Waals surface area contributed by atoms with Gasteiger partial charge in [-0.3, -0.25) is 19.8 Å². The summed E-state index contributed by atoms with van der Waals surface area (Å²) in [6.07, 6.45) is 2.11. The van der Waals surface area contributed by atoms with E-state index in [9.17, 15) is 14.4 Å². The average molecular weight is 453 g/mol. The SMILES string of the molecule is O=C(CSc1nc2ccccc2c(=O)n1NC(=O)Cc1ccccc1)NC[C@@H]1CCCO1. The van der Waals surface area contributed by atoms with Crippen LogP contribution in [0.2, 0.25) is 0 Å². The van der Waals surface area contributed by atoms with Crippen molar-refractivity contribution in [1.82, 2.24) is 15.0 Å². The Bertz CT molecular complexity index is 1160. The Hall–Kier alpha value is -3.17. The molecule has 2 N–H and O–H groups in total. The van der Waals surface area contributed by atoms with Gasteiger partial charge in [0.15, 0.2) is 5.16 Å². The van der Waals surface area contributed by atoms with Gasteiger partial charge in [-0.05, 0) is 30.5 Å². The van der Waals surface area contributed by atoms with E-state index >= 15 is 0 Å². The summed E-state index contributed by atoms with van der Waals surface area (Å²) in [5.74, 6) is -0.471. The van der Waals surface area contributed by atoms with Crippen molar-refractivity contribution in [3.05, 3.63) is 70.5 Å². The number of aromatic nitrogens is 2. The molecule has 32 heavy (non-hydrogen) atoms. The van der Waals surface area contributed by atoms with Gasteiger partial charge in [0.1, 0.15) is 0 Å². The molecule has 0 unspecified atom stereocenters. The summed E-state index contributed by atoms with van der Waals surface area (Å²) < 4.78 is 6.65. The Labute approximate surface area is 189 Å². The number of carbonyl (C=O) groups is 2. The first kappa shape index (κ1) is 22.0. The third kappa shape index (κ3) is 5.54. The number of fused-ring (bicyclic) bond motifs is 1. The van der Waals surface area contributed by atoms with Gasteiger partial charge in [-0.1, -0.05) is 54.2 Å². The van der Waals surface area contributed by atoms with Gasteiger partial charge in [0.2, 0.25) is 11.8 Å². The number of rotatable bonds is 8. The number of benzene rings is 2. The molecule has 1 aliphatic heterocycles. The van der Waals surface area contributed by atoms with Gasteiger partial charge in [0.05, 0.1) is 29.2 Å². The van der Waals surface area contributed by atoms with Crippen LogP contribution in [0.4, 0.5) is 0 Å². The van der Waals surface area contributed by atoms with Crippen LogP contribution in [0.3, 0.4) is 0 Å². The second-order valence-corrected chi connectivity index (χ2v) is 8.42. The Balaban J connectivity index is 1.50. The lowest BCUT2D eigenvalue weighted by molar-refractivity contribution is -0.119. The third-order valence-corrected chi connectivity index (χ3v) is 6.01. The summed E-state index contributed by atoms with van der Waals surface area (Å²) in [5.41, 5.74) is 3.60. The van der Waals surface area contributed by atoms with Gasteiger partial charge in [-0.15, -0.1) is 0 Å². The monoisotopic (exact) mass is 452 g/mol. The highest BCUT2D eigenvalue weighted by molar-refractivity contribution is 7.99. The number of thioether (sulfide) groups is 1. The van der Waals surface area contributed by atoms with Crippen LogP contribution in [0, 0.1) is 0 Å². The second kappa shape index (κ2) is 10.4. The predicted molar refractivity (Wildman–Crippen MR) is 123 cm³/mol. The molecule has 8 nitrogen and oxygen atoms in total. The Morgan fingerprint density at radius 2 is 1.88 bits per heavy atom. The summed E-state index contributed by atoms with van der Waals surface area (Å²) in [5, 5.41) is 3.49. The molecule has 4 rings (SSSR count). The minimum absolute atomic E-state index is 0.0539. The lowest BCUT2D eigenvalue weighted by atomic mass is 10.1. The van der Waals surface area contributed by atoms with E-state index in [4.69, 9.17) is 4.74 Å². The molecule has 0 bridgehead atoms. The van der Waals surface area contributed by atoms with Crippen molar-refractivity contribution in [2.45, 2.75) is 30.5 Å². The van der Waals surface area contributed by atoms with Crippen LogP contribution in [-0.4, -0.2) is 46.5 Å². The van der Waals surface area contributed by atoms with Gasteiger partial charge in [-0.2, -0.15) is 4.68 Å². The number of ether oxygens (including phenoxy) is 1. The fraction of sp³-hybridized carbons (Fsp3) is 0.304. The Morgan fingerprint density at radius 1 is 1.09 bits per heavy atom. The van der Waals surface area contributed by atoms with E-state index in [1.165, 1.54) is 0 Å². The third-order valence-electron chi connectivity index (χ3n) is 5.07. The van der Waals surface area contributed by atoms with Gasteiger partial charge in [-0.25, -0.2) is 4.98 Å². The Kier molecular flexibility index (Phi) is 7.18. The van der Waals surface area contributed by atoms with Crippen LogP contribution in [0.1, 0.15) is 18.4 Å². The summed E-state index contributed by atoms with van der Waals surface area (Å²) in [7, 11) is 0. The van der Waals surface area contributed by atoms with E-state index in [1.807, 2.05) is 30.3 Å². The molecule has 2 aromatic carbocycles. The first-order valence-corrected chi connectivity index (χ1v) is 11.5. The van der Waals surface area contributed by atoms with E-state index in [0.717, 1.165) is 41.4 Å². The quantitative estimate of drug-likeness (QED) is 0.401. The maximum atomic E-state index is 13.1. The molecular weight excluding hydrogens is 428 g/mol. The predicted octanol–water partition coefficient (Wildman–Crippen LogP) is 2.10. The number of amides is 2. The maximum Gasteiger partial charge on any atom is 0.281 e. The number of para-hydroxylation sites is 1.